The maximum absolute atomic E-state index is 12.3. The minimum absolute atomic E-state index is 0.0885. The third kappa shape index (κ3) is 4.66. The van der Waals surface area contributed by atoms with Gasteiger partial charge in [-0.25, -0.2) is 4.79 Å². The Morgan fingerprint density at radius 1 is 1.26 bits per heavy atom. The van der Waals surface area contributed by atoms with Gasteiger partial charge in [-0.1, -0.05) is 19.1 Å². The van der Waals surface area contributed by atoms with Gasteiger partial charge in [-0.05, 0) is 50.9 Å². The Bertz CT molecular complexity index is 909. The van der Waals surface area contributed by atoms with Crippen LogP contribution in [0.25, 0.3) is 10.9 Å². The zero-order valence-electron chi connectivity index (χ0n) is 16.0. The molecule has 7 heteroatoms. The molecule has 0 unspecified atom stereocenters. The van der Waals surface area contributed by atoms with Crippen molar-refractivity contribution in [1.29, 1.82) is 0 Å². The molecule has 0 spiro atoms. The zero-order chi connectivity index (χ0) is 19.4. The summed E-state index contributed by atoms with van der Waals surface area (Å²) in [6.07, 6.45) is 2.61. The van der Waals surface area contributed by atoms with Gasteiger partial charge in [0.2, 0.25) is 5.91 Å². The average molecular weight is 372 g/mol. The minimum Gasteiger partial charge on any atom is -0.354 e. The minimum atomic E-state index is -0.484. The summed E-state index contributed by atoms with van der Waals surface area (Å²) in [4.78, 5) is 41.0. The number of benzene rings is 1. The van der Waals surface area contributed by atoms with Crippen LogP contribution in [0.3, 0.4) is 0 Å². The van der Waals surface area contributed by atoms with E-state index in [1.165, 1.54) is 17.4 Å². The van der Waals surface area contributed by atoms with Crippen molar-refractivity contribution < 1.29 is 4.79 Å². The van der Waals surface area contributed by atoms with Crippen molar-refractivity contribution in [2.24, 2.45) is 5.92 Å². The Kier molecular flexibility index (Phi) is 6.11. The highest BCUT2D eigenvalue weighted by Gasteiger charge is 2.20. The molecule has 2 heterocycles. The highest BCUT2D eigenvalue weighted by Crippen LogP contribution is 2.17. The van der Waals surface area contributed by atoms with Crippen LogP contribution >= 0.6 is 0 Å². The number of nitrogens with zero attached hydrogens (tertiary/aromatic N) is 2. The van der Waals surface area contributed by atoms with Crippen LogP contribution in [0.4, 0.5) is 0 Å². The molecule has 27 heavy (non-hydrogen) atoms. The number of aryl methyl sites for hydroxylation is 1. The summed E-state index contributed by atoms with van der Waals surface area (Å²) in [6.45, 7) is 7.42. The molecule has 0 saturated carbocycles. The monoisotopic (exact) mass is 372 g/mol. The van der Waals surface area contributed by atoms with Gasteiger partial charge in [0.25, 0.3) is 5.56 Å². The van der Waals surface area contributed by atoms with Crippen molar-refractivity contribution >= 4 is 16.8 Å². The first-order valence-electron chi connectivity index (χ1n) is 9.68. The van der Waals surface area contributed by atoms with Gasteiger partial charge in [-0.15, -0.1) is 0 Å². The van der Waals surface area contributed by atoms with Gasteiger partial charge >= 0.3 is 5.69 Å². The fourth-order valence-corrected chi connectivity index (χ4v) is 3.63. The Morgan fingerprint density at radius 2 is 1.96 bits per heavy atom. The van der Waals surface area contributed by atoms with Crippen LogP contribution in [0.5, 0.6) is 0 Å². The smallest absolute Gasteiger partial charge is 0.328 e. The van der Waals surface area contributed by atoms with E-state index >= 15 is 0 Å². The predicted octanol–water partition coefficient (Wildman–Crippen LogP) is 1.32. The highest BCUT2D eigenvalue weighted by molar-refractivity contribution is 5.78. The number of aromatic amines is 1. The number of carbonyl (C=O) groups is 1. The summed E-state index contributed by atoms with van der Waals surface area (Å²) in [6, 6.07) is 7.23. The van der Waals surface area contributed by atoms with Gasteiger partial charge in [-0.3, -0.25) is 24.0 Å². The van der Waals surface area contributed by atoms with Crippen molar-refractivity contribution in [2.75, 3.05) is 19.6 Å². The molecule has 7 nitrogen and oxygen atoms in total. The van der Waals surface area contributed by atoms with E-state index in [1.807, 2.05) is 0 Å². The summed E-state index contributed by atoms with van der Waals surface area (Å²) in [5.41, 5.74) is -0.335. The first-order valence-corrected chi connectivity index (χ1v) is 9.68. The summed E-state index contributed by atoms with van der Waals surface area (Å²) in [5, 5.41) is 3.42. The number of piperidine rings is 1. The Hall–Kier alpha value is -2.41. The molecule has 2 N–H and O–H groups in total. The Morgan fingerprint density at radius 3 is 2.70 bits per heavy atom. The largest absolute Gasteiger partial charge is 0.354 e. The van der Waals surface area contributed by atoms with E-state index < -0.39 is 11.2 Å². The third-order valence-corrected chi connectivity index (χ3v) is 5.50. The van der Waals surface area contributed by atoms with Crippen LogP contribution in [0.2, 0.25) is 0 Å². The molecular formula is C20H28N4O3. The van der Waals surface area contributed by atoms with E-state index in [9.17, 15) is 14.4 Å². The maximum Gasteiger partial charge on any atom is 0.328 e. The normalized spacial score (nSPS) is 17.1. The van der Waals surface area contributed by atoms with Crippen molar-refractivity contribution in [3.63, 3.8) is 0 Å². The lowest BCUT2D eigenvalue weighted by atomic mass is 9.98. The molecular weight excluding hydrogens is 344 g/mol. The molecule has 3 rings (SSSR count). The lowest BCUT2D eigenvalue weighted by Crippen LogP contribution is -2.45. The van der Waals surface area contributed by atoms with E-state index in [0.717, 1.165) is 19.0 Å². The molecule has 0 aliphatic carbocycles. The fourth-order valence-electron chi connectivity index (χ4n) is 3.63. The number of likely N-dealkylation sites (tertiary alicyclic amines) is 1. The van der Waals surface area contributed by atoms with E-state index in [-0.39, 0.29) is 18.9 Å². The number of rotatable bonds is 6. The molecule has 2 aromatic rings. The summed E-state index contributed by atoms with van der Waals surface area (Å²) < 4.78 is 1.45. The van der Waals surface area contributed by atoms with Crippen LogP contribution in [0.1, 0.15) is 33.1 Å². The fraction of sp³-hybridized carbons (Fsp3) is 0.550. The number of carbonyl (C=O) groups excluding carboxylic acids is 1. The number of H-pyrrole nitrogens is 1. The van der Waals surface area contributed by atoms with Crippen molar-refractivity contribution in [2.45, 2.75) is 45.7 Å². The van der Waals surface area contributed by atoms with Gasteiger partial charge in [-0.2, -0.15) is 0 Å². The Labute approximate surface area is 158 Å². The average Bonchev–Trinajstić information content (AvgIpc) is 2.66. The van der Waals surface area contributed by atoms with Crippen LogP contribution in [0.15, 0.2) is 33.9 Å². The molecule has 1 aliphatic rings. The summed E-state index contributed by atoms with van der Waals surface area (Å²) in [5.74, 6) is 0.697. The standard InChI is InChI=1S/C20H28N4O3/c1-14-7-10-23(11-8-14)15(2)13-21-18(25)9-12-24-17-6-4-3-5-16(17)19(26)22-20(24)27/h3-6,14-15H,7-13H2,1-2H3,(H,21,25)(H,22,26,27)/t15-/m1/s1. The Balaban J connectivity index is 1.56. The molecule has 1 aliphatic heterocycles. The number of hydrogen-bond acceptors (Lipinski definition) is 4. The predicted molar refractivity (Wildman–Crippen MR) is 106 cm³/mol. The number of para-hydroxylation sites is 1. The van der Waals surface area contributed by atoms with E-state index in [2.05, 4.69) is 29.0 Å². The zero-order valence-corrected chi connectivity index (χ0v) is 16.0. The third-order valence-electron chi connectivity index (χ3n) is 5.50. The topological polar surface area (TPSA) is 87.2 Å². The second-order valence-electron chi connectivity index (χ2n) is 7.55. The van der Waals surface area contributed by atoms with E-state index in [0.29, 0.717) is 23.5 Å². The molecule has 1 fully saturated rings. The van der Waals surface area contributed by atoms with Gasteiger partial charge in [0, 0.05) is 25.6 Å². The number of aromatic nitrogens is 2. The number of nitrogens with one attached hydrogen (secondary N) is 2. The molecule has 1 aromatic heterocycles. The first-order chi connectivity index (χ1) is 13.0. The molecule has 1 saturated heterocycles. The molecule has 1 atom stereocenters. The second kappa shape index (κ2) is 8.52. The van der Waals surface area contributed by atoms with Gasteiger partial charge < -0.3 is 5.32 Å². The molecule has 146 valence electrons. The SMILES string of the molecule is CC1CCN([C@H](C)CNC(=O)CCn2c(=O)[nH]c(=O)c3ccccc32)CC1. The maximum atomic E-state index is 12.3. The van der Waals surface area contributed by atoms with Crippen LogP contribution in [-0.4, -0.2) is 46.0 Å². The summed E-state index contributed by atoms with van der Waals surface area (Å²) >= 11 is 0. The molecule has 0 radical (unpaired) electrons. The van der Waals surface area contributed by atoms with Crippen molar-refractivity contribution in [3.05, 3.63) is 45.1 Å². The lowest BCUT2D eigenvalue weighted by molar-refractivity contribution is -0.121. The van der Waals surface area contributed by atoms with Gasteiger partial charge in [0.1, 0.15) is 0 Å². The highest BCUT2D eigenvalue weighted by atomic mass is 16.2. The van der Waals surface area contributed by atoms with Gasteiger partial charge in [0.15, 0.2) is 0 Å². The van der Waals surface area contributed by atoms with Crippen molar-refractivity contribution in [1.82, 2.24) is 19.8 Å². The molecule has 1 aromatic carbocycles. The number of amides is 1. The van der Waals surface area contributed by atoms with Crippen molar-refractivity contribution in [3.8, 4) is 0 Å². The lowest BCUT2D eigenvalue weighted by Gasteiger charge is -2.35. The van der Waals surface area contributed by atoms with Crippen LogP contribution < -0.4 is 16.6 Å². The van der Waals surface area contributed by atoms with E-state index in [1.54, 1.807) is 24.3 Å². The molecule has 1 amide bonds. The van der Waals surface area contributed by atoms with Crippen LogP contribution in [-0.2, 0) is 11.3 Å². The van der Waals surface area contributed by atoms with E-state index in [4.69, 9.17) is 0 Å². The van der Waals surface area contributed by atoms with Gasteiger partial charge in [0.05, 0.1) is 10.9 Å². The first kappa shape index (κ1) is 19.4. The molecule has 0 bridgehead atoms. The number of fused-ring (bicyclic) bond motifs is 1. The number of hydrogen-bond donors (Lipinski definition) is 2. The second-order valence-corrected chi connectivity index (χ2v) is 7.55. The summed E-state index contributed by atoms with van der Waals surface area (Å²) in [7, 11) is 0. The quantitative estimate of drug-likeness (QED) is 0.801. The van der Waals surface area contributed by atoms with Crippen LogP contribution in [0, 0.1) is 5.92 Å².